The number of hydrogen-bond donors (Lipinski definition) is 1. The standard InChI is InChI=1S/C13H21NO5/c1-4-11(16)19-13-10-6-8(18-7(2)15)5-9(12(13)17)14(10)3/h8-10,12-13,17H,4-6H2,1-3H3. The molecule has 2 heterocycles. The molecule has 2 fully saturated rings. The summed E-state index contributed by atoms with van der Waals surface area (Å²) in [5.74, 6) is -0.625. The molecule has 0 amide bonds. The molecular formula is C13H21NO5. The first-order valence-electron chi connectivity index (χ1n) is 6.70. The van der Waals surface area contributed by atoms with E-state index < -0.39 is 12.2 Å². The van der Waals surface area contributed by atoms with Crippen molar-refractivity contribution in [1.82, 2.24) is 4.90 Å². The Morgan fingerprint density at radius 2 is 1.89 bits per heavy atom. The normalized spacial score (nSPS) is 38.0. The van der Waals surface area contributed by atoms with Gasteiger partial charge in [-0.2, -0.15) is 0 Å². The van der Waals surface area contributed by atoms with E-state index in [9.17, 15) is 14.7 Å². The second-order valence-electron chi connectivity index (χ2n) is 5.30. The SMILES string of the molecule is CCC(=O)OC1C(O)C2CC(OC(C)=O)CC1N2C. The van der Waals surface area contributed by atoms with Crippen LogP contribution in [0.5, 0.6) is 0 Å². The van der Waals surface area contributed by atoms with E-state index >= 15 is 0 Å². The molecule has 2 bridgehead atoms. The van der Waals surface area contributed by atoms with Crippen molar-refractivity contribution in [3.8, 4) is 0 Å². The van der Waals surface area contributed by atoms with Gasteiger partial charge < -0.3 is 14.6 Å². The van der Waals surface area contributed by atoms with E-state index in [-0.39, 0.29) is 36.5 Å². The van der Waals surface area contributed by atoms with Gasteiger partial charge in [0.1, 0.15) is 18.3 Å². The van der Waals surface area contributed by atoms with Gasteiger partial charge in [0.05, 0.1) is 6.04 Å². The quantitative estimate of drug-likeness (QED) is 0.732. The molecule has 2 aliphatic heterocycles. The summed E-state index contributed by atoms with van der Waals surface area (Å²) in [7, 11) is 1.91. The van der Waals surface area contributed by atoms with Gasteiger partial charge in [0.15, 0.2) is 0 Å². The molecule has 108 valence electrons. The number of aliphatic hydroxyl groups excluding tert-OH is 1. The minimum atomic E-state index is -0.717. The topological polar surface area (TPSA) is 76.1 Å². The van der Waals surface area contributed by atoms with E-state index in [0.29, 0.717) is 12.8 Å². The number of piperidine rings is 1. The molecule has 0 radical (unpaired) electrons. The second kappa shape index (κ2) is 5.46. The average molecular weight is 271 g/mol. The van der Waals surface area contributed by atoms with Crippen molar-refractivity contribution in [2.75, 3.05) is 7.05 Å². The van der Waals surface area contributed by atoms with Crippen molar-refractivity contribution in [3.05, 3.63) is 0 Å². The molecule has 2 rings (SSSR count). The lowest BCUT2D eigenvalue weighted by Gasteiger charge is -2.35. The molecule has 0 aromatic carbocycles. The first-order valence-corrected chi connectivity index (χ1v) is 6.70. The molecule has 0 saturated carbocycles. The van der Waals surface area contributed by atoms with Crippen LogP contribution >= 0.6 is 0 Å². The predicted octanol–water partition coefficient (Wildman–Crippen LogP) is 0.0772. The maximum absolute atomic E-state index is 11.4. The van der Waals surface area contributed by atoms with Crippen LogP contribution in [-0.4, -0.2) is 59.4 Å². The highest BCUT2D eigenvalue weighted by atomic mass is 16.6. The van der Waals surface area contributed by atoms with Crippen LogP contribution < -0.4 is 0 Å². The molecular weight excluding hydrogens is 250 g/mol. The molecule has 2 saturated heterocycles. The highest BCUT2D eigenvalue weighted by Gasteiger charge is 2.53. The Hall–Kier alpha value is -1.14. The van der Waals surface area contributed by atoms with Gasteiger partial charge in [0, 0.05) is 32.2 Å². The van der Waals surface area contributed by atoms with Crippen molar-refractivity contribution in [2.24, 2.45) is 0 Å². The zero-order valence-corrected chi connectivity index (χ0v) is 11.5. The van der Waals surface area contributed by atoms with Gasteiger partial charge in [-0.15, -0.1) is 0 Å². The Labute approximate surface area is 112 Å². The predicted molar refractivity (Wildman–Crippen MR) is 66.3 cm³/mol. The van der Waals surface area contributed by atoms with E-state index in [1.54, 1.807) is 6.92 Å². The first kappa shape index (κ1) is 14.3. The maximum Gasteiger partial charge on any atom is 0.305 e. The Balaban J connectivity index is 2.08. The summed E-state index contributed by atoms with van der Waals surface area (Å²) in [6.07, 6.45) is 0.00874. The molecule has 5 unspecified atom stereocenters. The second-order valence-corrected chi connectivity index (χ2v) is 5.30. The first-order chi connectivity index (χ1) is 8.93. The maximum atomic E-state index is 11.4. The lowest BCUT2D eigenvalue weighted by Crippen LogP contribution is -2.46. The summed E-state index contributed by atoms with van der Waals surface area (Å²) in [6, 6.07) is -0.216. The third kappa shape index (κ3) is 2.74. The van der Waals surface area contributed by atoms with Gasteiger partial charge in [-0.3, -0.25) is 14.5 Å². The summed E-state index contributed by atoms with van der Waals surface area (Å²) in [4.78, 5) is 24.5. The van der Waals surface area contributed by atoms with Gasteiger partial charge in [-0.05, 0) is 7.05 Å². The number of hydrogen-bond acceptors (Lipinski definition) is 6. The summed E-state index contributed by atoms with van der Waals surface area (Å²) in [6.45, 7) is 3.10. The lowest BCUT2D eigenvalue weighted by molar-refractivity contribution is -0.156. The molecule has 6 heteroatoms. The fraction of sp³-hybridized carbons (Fsp3) is 0.846. The molecule has 5 atom stereocenters. The van der Waals surface area contributed by atoms with Crippen LogP contribution in [-0.2, 0) is 19.1 Å². The number of aliphatic hydroxyl groups is 1. The summed E-state index contributed by atoms with van der Waals surface area (Å²) < 4.78 is 10.6. The molecule has 19 heavy (non-hydrogen) atoms. The van der Waals surface area contributed by atoms with Gasteiger partial charge in [-0.1, -0.05) is 6.92 Å². The Morgan fingerprint density at radius 1 is 1.26 bits per heavy atom. The number of fused-ring (bicyclic) bond motifs is 2. The number of nitrogens with zero attached hydrogens (tertiary/aromatic N) is 1. The summed E-state index contributed by atoms with van der Waals surface area (Å²) in [5.41, 5.74) is 0. The van der Waals surface area contributed by atoms with Crippen LogP contribution in [0.4, 0.5) is 0 Å². The Morgan fingerprint density at radius 3 is 2.47 bits per heavy atom. The van der Waals surface area contributed by atoms with Crippen LogP contribution in [0.3, 0.4) is 0 Å². The van der Waals surface area contributed by atoms with Crippen molar-refractivity contribution >= 4 is 11.9 Å². The van der Waals surface area contributed by atoms with Crippen molar-refractivity contribution in [3.63, 3.8) is 0 Å². The van der Waals surface area contributed by atoms with E-state index in [0.717, 1.165) is 0 Å². The zero-order chi connectivity index (χ0) is 14.2. The van der Waals surface area contributed by atoms with Crippen LogP contribution in [0.15, 0.2) is 0 Å². The smallest absolute Gasteiger partial charge is 0.305 e. The van der Waals surface area contributed by atoms with E-state index in [4.69, 9.17) is 9.47 Å². The molecule has 0 aliphatic carbocycles. The summed E-state index contributed by atoms with van der Waals surface area (Å²) in [5, 5.41) is 10.3. The fourth-order valence-corrected chi connectivity index (χ4v) is 3.12. The summed E-state index contributed by atoms with van der Waals surface area (Å²) >= 11 is 0. The third-order valence-corrected chi connectivity index (χ3v) is 4.05. The van der Waals surface area contributed by atoms with E-state index in [1.165, 1.54) is 6.92 Å². The zero-order valence-electron chi connectivity index (χ0n) is 11.5. The van der Waals surface area contributed by atoms with E-state index in [1.807, 2.05) is 11.9 Å². The van der Waals surface area contributed by atoms with Crippen LogP contribution in [0.2, 0.25) is 0 Å². The van der Waals surface area contributed by atoms with Crippen molar-refractivity contribution in [1.29, 1.82) is 0 Å². The van der Waals surface area contributed by atoms with Crippen LogP contribution in [0, 0.1) is 0 Å². The third-order valence-electron chi connectivity index (χ3n) is 4.05. The molecule has 0 aromatic heterocycles. The molecule has 6 nitrogen and oxygen atoms in total. The monoisotopic (exact) mass is 271 g/mol. The lowest BCUT2D eigenvalue weighted by atomic mass is 10.00. The number of likely N-dealkylation sites (N-methyl/N-ethyl adjacent to an activating group) is 1. The number of carbonyl (C=O) groups is 2. The van der Waals surface area contributed by atoms with Crippen molar-refractivity contribution < 1.29 is 24.2 Å². The minimum Gasteiger partial charge on any atom is -0.462 e. The minimum absolute atomic E-state index is 0.0893. The van der Waals surface area contributed by atoms with Crippen molar-refractivity contribution in [2.45, 2.75) is 63.5 Å². The molecule has 0 spiro atoms. The van der Waals surface area contributed by atoms with Gasteiger partial charge in [0.25, 0.3) is 0 Å². The highest BCUT2D eigenvalue weighted by molar-refractivity contribution is 5.69. The van der Waals surface area contributed by atoms with E-state index in [2.05, 4.69) is 0 Å². The number of esters is 2. The van der Waals surface area contributed by atoms with Gasteiger partial charge in [-0.25, -0.2) is 0 Å². The molecule has 0 aromatic rings. The molecule has 1 N–H and O–H groups in total. The number of ether oxygens (including phenoxy) is 2. The van der Waals surface area contributed by atoms with Gasteiger partial charge in [0.2, 0.25) is 0 Å². The molecule has 2 aliphatic rings. The van der Waals surface area contributed by atoms with Crippen LogP contribution in [0.25, 0.3) is 0 Å². The van der Waals surface area contributed by atoms with Gasteiger partial charge >= 0.3 is 11.9 Å². The number of carbonyl (C=O) groups excluding carboxylic acids is 2. The largest absolute Gasteiger partial charge is 0.462 e. The highest BCUT2D eigenvalue weighted by Crippen LogP contribution is 2.37. The fourth-order valence-electron chi connectivity index (χ4n) is 3.12. The Kier molecular flexibility index (Phi) is 4.10. The van der Waals surface area contributed by atoms with Crippen LogP contribution in [0.1, 0.15) is 33.1 Å². The average Bonchev–Trinajstić information content (AvgIpc) is 2.49. The number of rotatable bonds is 3. The Bertz CT molecular complexity index is 372.